The zero-order chi connectivity index (χ0) is 13.0. The second-order valence-corrected chi connectivity index (χ2v) is 5.92. The maximum Gasteiger partial charge on any atom is 0.415 e. The van der Waals surface area contributed by atoms with E-state index in [-0.39, 0.29) is 6.10 Å². The highest BCUT2D eigenvalue weighted by Gasteiger charge is 2.23. The standard InChI is InChI=1S/C15H16O2P/c1-12(2)17-13-7-6-10-15(11-13)18(16)14-8-4-3-5-9-14/h3-12H,1-2H3/q+1. The first kappa shape index (κ1) is 12.8. The van der Waals surface area contributed by atoms with Gasteiger partial charge in [-0.05, 0) is 38.1 Å². The Kier molecular flexibility index (Phi) is 4.11. The average Bonchev–Trinajstić information content (AvgIpc) is 2.38. The molecule has 0 aliphatic rings. The molecule has 1 unspecified atom stereocenters. The van der Waals surface area contributed by atoms with Gasteiger partial charge in [0.25, 0.3) is 0 Å². The molecule has 2 aromatic rings. The Labute approximate surface area is 108 Å². The minimum Gasteiger partial charge on any atom is -0.491 e. The minimum absolute atomic E-state index is 0.120. The summed E-state index contributed by atoms with van der Waals surface area (Å²) < 4.78 is 18.0. The third-order valence-corrected chi connectivity index (χ3v) is 3.93. The molecular weight excluding hydrogens is 243 g/mol. The lowest BCUT2D eigenvalue weighted by atomic mass is 10.3. The molecule has 0 aromatic heterocycles. The molecule has 0 heterocycles. The van der Waals surface area contributed by atoms with E-state index in [0.717, 1.165) is 16.4 Å². The summed E-state index contributed by atoms with van der Waals surface area (Å²) in [6.45, 7) is 3.95. The molecule has 92 valence electrons. The lowest BCUT2D eigenvalue weighted by Gasteiger charge is -2.08. The summed E-state index contributed by atoms with van der Waals surface area (Å²) in [6, 6.07) is 17.0. The van der Waals surface area contributed by atoms with Crippen LogP contribution in [0, 0.1) is 0 Å². The first-order chi connectivity index (χ1) is 8.66. The topological polar surface area (TPSA) is 26.3 Å². The van der Waals surface area contributed by atoms with E-state index >= 15 is 0 Å². The van der Waals surface area contributed by atoms with Gasteiger partial charge in [0.2, 0.25) is 0 Å². The van der Waals surface area contributed by atoms with Crippen molar-refractivity contribution in [3.8, 4) is 5.75 Å². The number of hydrogen-bond acceptors (Lipinski definition) is 2. The van der Waals surface area contributed by atoms with Gasteiger partial charge in [0.1, 0.15) is 5.75 Å². The van der Waals surface area contributed by atoms with Crippen LogP contribution >= 0.6 is 7.80 Å². The van der Waals surface area contributed by atoms with E-state index in [1.54, 1.807) is 0 Å². The molecule has 18 heavy (non-hydrogen) atoms. The smallest absolute Gasteiger partial charge is 0.415 e. The third kappa shape index (κ3) is 3.18. The van der Waals surface area contributed by atoms with E-state index in [2.05, 4.69) is 0 Å². The maximum absolute atomic E-state index is 12.4. The molecule has 0 amide bonds. The zero-order valence-corrected chi connectivity index (χ0v) is 11.4. The summed E-state index contributed by atoms with van der Waals surface area (Å²) >= 11 is 0. The van der Waals surface area contributed by atoms with Crippen LogP contribution in [0.4, 0.5) is 0 Å². The lowest BCUT2D eigenvalue weighted by Crippen LogP contribution is -2.09. The van der Waals surface area contributed by atoms with E-state index in [1.807, 2.05) is 68.4 Å². The summed E-state index contributed by atoms with van der Waals surface area (Å²) in [5, 5.41) is 1.64. The van der Waals surface area contributed by atoms with Gasteiger partial charge in [-0.25, -0.2) is 0 Å². The molecule has 0 N–H and O–H groups in total. The normalized spacial score (nSPS) is 11.4. The quantitative estimate of drug-likeness (QED) is 0.788. The van der Waals surface area contributed by atoms with Crippen LogP contribution in [0.15, 0.2) is 54.6 Å². The molecule has 0 fully saturated rings. The van der Waals surface area contributed by atoms with E-state index in [1.165, 1.54) is 0 Å². The molecule has 1 atom stereocenters. The van der Waals surface area contributed by atoms with Crippen LogP contribution in [-0.4, -0.2) is 6.10 Å². The highest BCUT2D eigenvalue weighted by molar-refractivity contribution is 7.61. The Bertz CT molecular complexity index is 535. The summed E-state index contributed by atoms with van der Waals surface area (Å²) in [7, 11) is -1.54. The lowest BCUT2D eigenvalue weighted by molar-refractivity contribution is 0.242. The predicted octanol–water partition coefficient (Wildman–Crippen LogP) is 3.25. The van der Waals surface area contributed by atoms with Crippen molar-refractivity contribution >= 4 is 18.4 Å². The molecule has 2 rings (SSSR count). The first-order valence-electron chi connectivity index (χ1n) is 5.96. The van der Waals surface area contributed by atoms with Crippen LogP contribution in [0.3, 0.4) is 0 Å². The third-order valence-electron chi connectivity index (χ3n) is 2.41. The Balaban J connectivity index is 2.26. The molecule has 0 aliphatic carbocycles. The van der Waals surface area contributed by atoms with Crippen molar-refractivity contribution < 1.29 is 9.30 Å². The van der Waals surface area contributed by atoms with Crippen LogP contribution in [0.1, 0.15) is 13.8 Å². The van der Waals surface area contributed by atoms with Crippen molar-refractivity contribution in [2.75, 3.05) is 0 Å². The second-order valence-electron chi connectivity index (χ2n) is 4.29. The minimum atomic E-state index is -1.54. The second kappa shape index (κ2) is 5.79. The summed E-state index contributed by atoms with van der Waals surface area (Å²) in [4.78, 5) is 0. The van der Waals surface area contributed by atoms with E-state index in [9.17, 15) is 4.57 Å². The van der Waals surface area contributed by atoms with Crippen molar-refractivity contribution in [1.29, 1.82) is 0 Å². The number of benzene rings is 2. The summed E-state index contributed by atoms with van der Waals surface area (Å²) in [5.41, 5.74) is 0. The molecule has 3 heteroatoms. The van der Waals surface area contributed by atoms with Crippen molar-refractivity contribution in [3.05, 3.63) is 54.6 Å². The Morgan fingerprint density at radius 3 is 2.28 bits per heavy atom. The van der Waals surface area contributed by atoms with Gasteiger partial charge < -0.3 is 4.74 Å². The van der Waals surface area contributed by atoms with Gasteiger partial charge in [0.15, 0.2) is 10.6 Å². The van der Waals surface area contributed by atoms with Crippen LogP contribution in [0.5, 0.6) is 5.75 Å². The number of rotatable bonds is 4. The molecule has 0 radical (unpaired) electrons. The molecule has 0 saturated carbocycles. The summed E-state index contributed by atoms with van der Waals surface area (Å²) in [6.07, 6.45) is 0.120. The van der Waals surface area contributed by atoms with E-state index < -0.39 is 7.80 Å². The summed E-state index contributed by atoms with van der Waals surface area (Å²) in [5.74, 6) is 0.766. The first-order valence-corrected chi connectivity index (χ1v) is 7.22. The largest absolute Gasteiger partial charge is 0.491 e. The Morgan fingerprint density at radius 2 is 1.61 bits per heavy atom. The number of hydrogen-bond donors (Lipinski definition) is 0. The SMILES string of the molecule is CC(C)Oc1cccc([P+](=O)c2ccccc2)c1. The molecule has 0 bridgehead atoms. The molecule has 0 spiro atoms. The van der Waals surface area contributed by atoms with Crippen LogP contribution in [0.2, 0.25) is 0 Å². The van der Waals surface area contributed by atoms with Crippen LogP contribution in [0.25, 0.3) is 0 Å². The highest BCUT2D eigenvalue weighted by atomic mass is 31.1. The van der Waals surface area contributed by atoms with Crippen molar-refractivity contribution in [2.24, 2.45) is 0 Å². The highest BCUT2D eigenvalue weighted by Crippen LogP contribution is 2.22. The Hall–Kier alpha value is -1.66. The average molecular weight is 259 g/mol. The monoisotopic (exact) mass is 259 g/mol. The fourth-order valence-electron chi connectivity index (χ4n) is 1.67. The van der Waals surface area contributed by atoms with E-state index in [4.69, 9.17) is 4.74 Å². The van der Waals surface area contributed by atoms with Gasteiger partial charge in [0, 0.05) is 6.07 Å². The van der Waals surface area contributed by atoms with Gasteiger partial charge in [0.05, 0.1) is 6.10 Å². The molecule has 0 saturated heterocycles. The Morgan fingerprint density at radius 1 is 0.944 bits per heavy atom. The molecule has 2 aromatic carbocycles. The van der Waals surface area contributed by atoms with Crippen molar-refractivity contribution in [1.82, 2.24) is 0 Å². The van der Waals surface area contributed by atoms with Crippen molar-refractivity contribution in [3.63, 3.8) is 0 Å². The molecule has 0 aliphatic heterocycles. The van der Waals surface area contributed by atoms with Gasteiger partial charge in [-0.3, -0.25) is 0 Å². The van der Waals surface area contributed by atoms with Crippen LogP contribution in [-0.2, 0) is 4.57 Å². The van der Waals surface area contributed by atoms with E-state index in [0.29, 0.717) is 0 Å². The van der Waals surface area contributed by atoms with Crippen LogP contribution < -0.4 is 15.3 Å². The fourth-order valence-corrected chi connectivity index (χ4v) is 2.87. The number of ether oxygens (including phenoxy) is 1. The molecular formula is C15H16O2P+. The fraction of sp³-hybridized carbons (Fsp3) is 0.200. The predicted molar refractivity (Wildman–Crippen MR) is 75.5 cm³/mol. The zero-order valence-electron chi connectivity index (χ0n) is 10.5. The van der Waals surface area contributed by atoms with Gasteiger partial charge in [-0.2, -0.15) is 0 Å². The van der Waals surface area contributed by atoms with Crippen molar-refractivity contribution in [2.45, 2.75) is 20.0 Å². The molecule has 2 nitrogen and oxygen atoms in total. The van der Waals surface area contributed by atoms with Gasteiger partial charge >= 0.3 is 7.80 Å². The van der Waals surface area contributed by atoms with Gasteiger partial charge in [-0.1, -0.05) is 28.8 Å². The maximum atomic E-state index is 12.4. The van der Waals surface area contributed by atoms with Gasteiger partial charge in [-0.15, -0.1) is 0 Å².